The topological polar surface area (TPSA) is 79.8 Å². The molecule has 0 bridgehead atoms. The van der Waals surface area contributed by atoms with Crippen LogP contribution in [-0.4, -0.2) is 58.2 Å². The van der Waals surface area contributed by atoms with Gasteiger partial charge >= 0.3 is 0 Å². The Morgan fingerprint density at radius 1 is 1.44 bits per heavy atom. The zero-order valence-electron chi connectivity index (χ0n) is 11.1. The molecule has 1 fully saturated rings. The Labute approximate surface area is 109 Å². The summed E-state index contributed by atoms with van der Waals surface area (Å²) >= 11 is 0. The Kier molecular flexibility index (Phi) is 6.42. The van der Waals surface area contributed by atoms with Crippen LogP contribution in [0.4, 0.5) is 0 Å². The molecule has 0 amide bonds. The highest BCUT2D eigenvalue weighted by molar-refractivity contribution is 7.91. The average molecular weight is 277 g/mol. The van der Waals surface area contributed by atoms with Gasteiger partial charge in [0.1, 0.15) is 0 Å². The van der Waals surface area contributed by atoms with Gasteiger partial charge in [-0.2, -0.15) is 0 Å². The molecule has 0 radical (unpaired) electrons. The molecule has 0 saturated carbocycles. The fraction of sp³-hybridized carbons (Fsp3) is 0.909. The first kappa shape index (κ1) is 15.2. The van der Waals surface area contributed by atoms with Gasteiger partial charge in [0.25, 0.3) is 0 Å². The summed E-state index contributed by atoms with van der Waals surface area (Å²) in [6.45, 7) is 6.50. The summed E-state index contributed by atoms with van der Waals surface area (Å²) in [6.07, 6.45) is 0.651. The Balaban J connectivity index is 2.42. The van der Waals surface area contributed by atoms with E-state index >= 15 is 0 Å². The molecule has 1 saturated heterocycles. The molecule has 1 heterocycles. The SMILES string of the molecule is CCNC(=NCCOCC)NC1CCS(=O)(=O)C1. The summed E-state index contributed by atoms with van der Waals surface area (Å²) < 4.78 is 27.9. The normalized spacial score (nSPS) is 23.0. The van der Waals surface area contributed by atoms with Gasteiger partial charge in [-0.05, 0) is 20.3 Å². The minimum absolute atomic E-state index is 0.0279. The van der Waals surface area contributed by atoms with Crippen molar-refractivity contribution in [1.29, 1.82) is 0 Å². The molecule has 1 aliphatic heterocycles. The van der Waals surface area contributed by atoms with Crippen molar-refractivity contribution in [2.24, 2.45) is 4.99 Å². The van der Waals surface area contributed by atoms with Crippen LogP contribution in [0.1, 0.15) is 20.3 Å². The van der Waals surface area contributed by atoms with Crippen LogP contribution >= 0.6 is 0 Å². The second-order valence-electron chi connectivity index (χ2n) is 4.20. The Morgan fingerprint density at radius 3 is 2.78 bits per heavy atom. The molecule has 1 aliphatic rings. The van der Waals surface area contributed by atoms with Gasteiger partial charge in [-0.15, -0.1) is 0 Å². The largest absolute Gasteiger partial charge is 0.380 e. The van der Waals surface area contributed by atoms with Gasteiger partial charge in [-0.25, -0.2) is 8.42 Å². The van der Waals surface area contributed by atoms with E-state index in [0.717, 1.165) is 6.54 Å². The van der Waals surface area contributed by atoms with Crippen LogP contribution in [0.3, 0.4) is 0 Å². The summed E-state index contributed by atoms with van der Waals surface area (Å²) in [4.78, 5) is 4.34. The van der Waals surface area contributed by atoms with Crippen molar-refractivity contribution >= 4 is 15.8 Å². The molecule has 0 spiro atoms. The zero-order chi connectivity index (χ0) is 13.4. The van der Waals surface area contributed by atoms with Crippen molar-refractivity contribution in [1.82, 2.24) is 10.6 Å². The first-order valence-electron chi connectivity index (χ1n) is 6.40. The summed E-state index contributed by atoms with van der Waals surface area (Å²) in [5, 5.41) is 6.26. The van der Waals surface area contributed by atoms with Crippen molar-refractivity contribution in [2.45, 2.75) is 26.3 Å². The molecular weight excluding hydrogens is 254 g/mol. The number of hydrogen-bond donors (Lipinski definition) is 2. The van der Waals surface area contributed by atoms with Gasteiger partial charge in [0, 0.05) is 19.2 Å². The second-order valence-corrected chi connectivity index (χ2v) is 6.43. The molecule has 0 aromatic heterocycles. The van der Waals surface area contributed by atoms with Crippen LogP contribution in [0.5, 0.6) is 0 Å². The number of sulfone groups is 1. The van der Waals surface area contributed by atoms with E-state index in [1.54, 1.807) is 0 Å². The molecule has 1 atom stereocenters. The zero-order valence-corrected chi connectivity index (χ0v) is 11.9. The van der Waals surface area contributed by atoms with Gasteiger partial charge in [0.05, 0.1) is 24.7 Å². The van der Waals surface area contributed by atoms with Crippen LogP contribution in [-0.2, 0) is 14.6 Å². The van der Waals surface area contributed by atoms with Crippen molar-refractivity contribution in [2.75, 3.05) is 37.8 Å². The van der Waals surface area contributed by atoms with Gasteiger partial charge in [0.15, 0.2) is 15.8 Å². The smallest absolute Gasteiger partial charge is 0.191 e. The van der Waals surface area contributed by atoms with Crippen LogP contribution in [0.25, 0.3) is 0 Å². The highest BCUT2D eigenvalue weighted by Gasteiger charge is 2.28. The fourth-order valence-electron chi connectivity index (χ4n) is 1.79. The molecule has 7 heteroatoms. The molecule has 1 unspecified atom stereocenters. The summed E-state index contributed by atoms with van der Waals surface area (Å²) in [6, 6.07) is -0.0279. The van der Waals surface area contributed by atoms with Crippen LogP contribution < -0.4 is 10.6 Å². The Hall–Kier alpha value is -0.820. The van der Waals surface area contributed by atoms with Gasteiger partial charge in [-0.3, -0.25) is 4.99 Å². The van der Waals surface area contributed by atoms with Gasteiger partial charge in [-0.1, -0.05) is 0 Å². The van der Waals surface area contributed by atoms with E-state index in [9.17, 15) is 8.42 Å². The molecule has 18 heavy (non-hydrogen) atoms. The molecule has 1 rings (SSSR count). The Bertz CT molecular complexity index is 368. The van der Waals surface area contributed by atoms with E-state index in [0.29, 0.717) is 32.1 Å². The number of nitrogens with zero attached hydrogens (tertiary/aromatic N) is 1. The predicted molar refractivity (Wildman–Crippen MR) is 72.7 cm³/mol. The third kappa shape index (κ3) is 5.68. The lowest BCUT2D eigenvalue weighted by atomic mass is 10.3. The molecule has 6 nitrogen and oxygen atoms in total. The number of aliphatic imine (C=N–C) groups is 1. The lowest BCUT2D eigenvalue weighted by molar-refractivity contribution is 0.155. The summed E-state index contributed by atoms with van der Waals surface area (Å²) in [5.74, 6) is 1.13. The molecule has 0 aromatic carbocycles. The Morgan fingerprint density at radius 2 is 2.22 bits per heavy atom. The quantitative estimate of drug-likeness (QED) is 0.398. The highest BCUT2D eigenvalue weighted by Crippen LogP contribution is 2.10. The average Bonchev–Trinajstić information content (AvgIpc) is 2.64. The fourth-order valence-corrected chi connectivity index (χ4v) is 3.46. The first-order valence-corrected chi connectivity index (χ1v) is 8.22. The molecule has 0 aliphatic carbocycles. The van der Waals surface area contributed by atoms with Crippen molar-refractivity contribution in [3.8, 4) is 0 Å². The lowest BCUT2D eigenvalue weighted by Gasteiger charge is -2.15. The van der Waals surface area contributed by atoms with Crippen molar-refractivity contribution in [3.63, 3.8) is 0 Å². The number of nitrogens with one attached hydrogen (secondary N) is 2. The lowest BCUT2D eigenvalue weighted by Crippen LogP contribution is -2.44. The number of ether oxygens (including phenoxy) is 1. The number of rotatable bonds is 6. The van der Waals surface area contributed by atoms with E-state index in [1.165, 1.54) is 0 Å². The van der Waals surface area contributed by atoms with E-state index in [4.69, 9.17) is 4.74 Å². The third-order valence-electron chi connectivity index (χ3n) is 2.63. The maximum absolute atomic E-state index is 11.4. The number of hydrogen-bond acceptors (Lipinski definition) is 4. The standard InChI is InChI=1S/C11H23N3O3S/c1-3-12-11(13-6-7-17-4-2)14-10-5-8-18(15,16)9-10/h10H,3-9H2,1-2H3,(H2,12,13,14). The van der Waals surface area contributed by atoms with Gasteiger partial charge < -0.3 is 15.4 Å². The molecule has 2 N–H and O–H groups in total. The van der Waals surface area contributed by atoms with E-state index in [1.807, 2.05) is 13.8 Å². The molecule has 106 valence electrons. The van der Waals surface area contributed by atoms with Crippen molar-refractivity contribution in [3.05, 3.63) is 0 Å². The van der Waals surface area contributed by atoms with Crippen LogP contribution in [0.2, 0.25) is 0 Å². The summed E-state index contributed by atoms with van der Waals surface area (Å²) in [5.41, 5.74) is 0. The maximum atomic E-state index is 11.4. The predicted octanol–water partition coefficient (Wildman–Crippen LogP) is -0.235. The van der Waals surface area contributed by atoms with Crippen molar-refractivity contribution < 1.29 is 13.2 Å². The third-order valence-corrected chi connectivity index (χ3v) is 4.40. The number of guanidine groups is 1. The van der Waals surface area contributed by atoms with Crippen LogP contribution in [0.15, 0.2) is 4.99 Å². The highest BCUT2D eigenvalue weighted by atomic mass is 32.2. The van der Waals surface area contributed by atoms with Crippen LogP contribution in [0, 0.1) is 0 Å². The monoisotopic (exact) mass is 277 g/mol. The molecular formula is C11H23N3O3S. The van der Waals surface area contributed by atoms with E-state index < -0.39 is 9.84 Å². The van der Waals surface area contributed by atoms with Gasteiger partial charge in [0.2, 0.25) is 0 Å². The molecule has 0 aromatic rings. The minimum Gasteiger partial charge on any atom is -0.380 e. The maximum Gasteiger partial charge on any atom is 0.191 e. The van der Waals surface area contributed by atoms with E-state index in [-0.39, 0.29) is 17.5 Å². The minimum atomic E-state index is -2.86. The second kappa shape index (κ2) is 7.58. The van der Waals surface area contributed by atoms with E-state index in [2.05, 4.69) is 15.6 Å². The summed E-state index contributed by atoms with van der Waals surface area (Å²) in [7, 11) is -2.86. The first-order chi connectivity index (χ1) is 8.57.